The van der Waals surface area contributed by atoms with Crippen LogP contribution >= 0.6 is 0 Å². The van der Waals surface area contributed by atoms with Gasteiger partial charge in [-0.25, -0.2) is 0 Å². The smallest absolute Gasteiger partial charge is 0.155 e. The molecule has 0 aromatic rings. The Balaban J connectivity index is 2.13. The highest BCUT2D eigenvalue weighted by Crippen LogP contribution is 2.29. The van der Waals surface area contributed by atoms with Gasteiger partial charge in [-0.15, -0.1) is 0 Å². The molecular weight excluding hydrogens is 150 g/mol. The summed E-state index contributed by atoms with van der Waals surface area (Å²) in [6.07, 6.45) is 4.84. The number of piperidine rings is 1. The van der Waals surface area contributed by atoms with E-state index < -0.39 is 0 Å². The Kier molecular flexibility index (Phi) is 2.01. The van der Waals surface area contributed by atoms with Crippen molar-refractivity contribution in [1.29, 1.82) is 0 Å². The van der Waals surface area contributed by atoms with Crippen LogP contribution in [0.15, 0.2) is 11.6 Å². The van der Waals surface area contributed by atoms with E-state index in [4.69, 9.17) is 0 Å². The SMILES string of the molecule is CN1CCC2=CC(=O)CCC2C1. The van der Waals surface area contributed by atoms with E-state index in [1.165, 1.54) is 5.57 Å². The fourth-order valence-electron chi connectivity index (χ4n) is 2.17. The van der Waals surface area contributed by atoms with Crippen LogP contribution in [-0.4, -0.2) is 30.8 Å². The van der Waals surface area contributed by atoms with Crippen molar-refractivity contribution in [1.82, 2.24) is 4.90 Å². The number of nitrogens with zero attached hydrogens (tertiary/aromatic N) is 1. The first-order valence-corrected chi connectivity index (χ1v) is 4.67. The minimum absolute atomic E-state index is 0.339. The number of fused-ring (bicyclic) bond motifs is 1. The molecule has 0 bridgehead atoms. The molecule has 2 aliphatic rings. The Hall–Kier alpha value is -0.630. The summed E-state index contributed by atoms with van der Waals surface area (Å²) < 4.78 is 0. The number of hydrogen-bond donors (Lipinski definition) is 0. The van der Waals surface area contributed by atoms with Gasteiger partial charge in [0.2, 0.25) is 0 Å². The second-order valence-corrected chi connectivity index (χ2v) is 3.93. The van der Waals surface area contributed by atoms with Gasteiger partial charge in [0.25, 0.3) is 0 Å². The van der Waals surface area contributed by atoms with E-state index in [0.717, 1.165) is 32.4 Å². The Morgan fingerprint density at radius 2 is 2.33 bits per heavy atom. The molecule has 1 fully saturated rings. The third-order valence-electron chi connectivity index (χ3n) is 2.92. The number of allylic oxidation sites excluding steroid dienone is 1. The lowest BCUT2D eigenvalue weighted by Crippen LogP contribution is -2.35. The van der Waals surface area contributed by atoms with Crippen molar-refractivity contribution in [2.24, 2.45) is 5.92 Å². The third kappa shape index (κ3) is 1.44. The average molecular weight is 165 g/mol. The monoisotopic (exact) mass is 165 g/mol. The lowest BCUT2D eigenvalue weighted by atomic mass is 9.83. The zero-order chi connectivity index (χ0) is 8.55. The first-order chi connectivity index (χ1) is 5.75. The van der Waals surface area contributed by atoms with Crippen LogP contribution in [0.3, 0.4) is 0 Å². The molecule has 1 aliphatic heterocycles. The summed E-state index contributed by atoms with van der Waals surface area (Å²) in [5.41, 5.74) is 1.41. The molecule has 2 nitrogen and oxygen atoms in total. The van der Waals surface area contributed by atoms with Gasteiger partial charge in [0, 0.05) is 19.5 Å². The van der Waals surface area contributed by atoms with Crippen LogP contribution in [0.2, 0.25) is 0 Å². The predicted molar refractivity (Wildman–Crippen MR) is 47.9 cm³/mol. The summed E-state index contributed by atoms with van der Waals surface area (Å²) in [6, 6.07) is 0. The van der Waals surface area contributed by atoms with Crippen molar-refractivity contribution in [2.45, 2.75) is 19.3 Å². The minimum atomic E-state index is 0.339. The number of rotatable bonds is 0. The molecule has 0 spiro atoms. The normalized spacial score (nSPS) is 31.2. The van der Waals surface area contributed by atoms with Crippen molar-refractivity contribution in [3.05, 3.63) is 11.6 Å². The Labute approximate surface area is 73.2 Å². The fourth-order valence-corrected chi connectivity index (χ4v) is 2.17. The zero-order valence-electron chi connectivity index (χ0n) is 7.55. The van der Waals surface area contributed by atoms with Crippen molar-refractivity contribution >= 4 is 5.78 Å². The summed E-state index contributed by atoms with van der Waals surface area (Å²) in [5, 5.41) is 0. The number of ketones is 1. The molecule has 1 unspecified atom stereocenters. The molecular formula is C10H15NO. The summed E-state index contributed by atoms with van der Waals surface area (Å²) in [7, 11) is 2.16. The molecule has 0 aromatic carbocycles. The second-order valence-electron chi connectivity index (χ2n) is 3.93. The number of carbonyl (C=O) groups excluding carboxylic acids is 1. The van der Waals surface area contributed by atoms with Gasteiger partial charge < -0.3 is 4.90 Å². The van der Waals surface area contributed by atoms with Crippen LogP contribution in [0.4, 0.5) is 0 Å². The van der Waals surface area contributed by atoms with E-state index in [-0.39, 0.29) is 0 Å². The van der Waals surface area contributed by atoms with Gasteiger partial charge in [-0.2, -0.15) is 0 Å². The van der Waals surface area contributed by atoms with Crippen LogP contribution < -0.4 is 0 Å². The zero-order valence-corrected chi connectivity index (χ0v) is 7.55. The van der Waals surface area contributed by atoms with Crippen LogP contribution in [0.25, 0.3) is 0 Å². The first-order valence-electron chi connectivity index (χ1n) is 4.67. The van der Waals surface area contributed by atoms with E-state index >= 15 is 0 Å². The van der Waals surface area contributed by atoms with E-state index in [1.807, 2.05) is 6.08 Å². The lowest BCUT2D eigenvalue weighted by molar-refractivity contribution is -0.115. The quantitative estimate of drug-likeness (QED) is 0.538. The largest absolute Gasteiger partial charge is 0.305 e. The third-order valence-corrected chi connectivity index (χ3v) is 2.92. The van der Waals surface area contributed by atoms with Gasteiger partial charge in [-0.05, 0) is 31.9 Å². The number of carbonyl (C=O) groups is 1. The van der Waals surface area contributed by atoms with Crippen molar-refractivity contribution in [3.63, 3.8) is 0 Å². The molecule has 0 saturated carbocycles. The lowest BCUT2D eigenvalue weighted by Gasteiger charge is -2.34. The molecule has 2 rings (SSSR count). The van der Waals surface area contributed by atoms with Crippen molar-refractivity contribution in [2.75, 3.05) is 20.1 Å². The molecule has 0 N–H and O–H groups in total. The van der Waals surface area contributed by atoms with Gasteiger partial charge in [0.15, 0.2) is 5.78 Å². The topological polar surface area (TPSA) is 20.3 Å². The summed E-state index contributed by atoms with van der Waals surface area (Å²) >= 11 is 0. The summed E-state index contributed by atoms with van der Waals surface area (Å²) in [6.45, 7) is 2.27. The first kappa shape index (κ1) is 7.99. The van der Waals surface area contributed by atoms with Crippen LogP contribution in [0, 0.1) is 5.92 Å². The van der Waals surface area contributed by atoms with Gasteiger partial charge in [0.05, 0.1) is 0 Å². The standard InChI is InChI=1S/C10H15NO/c1-11-5-4-8-6-10(12)3-2-9(8)7-11/h6,9H,2-5,7H2,1H3. The summed E-state index contributed by atoms with van der Waals surface area (Å²) in [5.74, 6) is 1.02. The Morgan fingerprint density at radius 1 is 1.50 bits per heavy atom. The Morgan fingerprint density at radius 3 is 3.17 bits per heavy atom. The summed E-state index contributed by atoms with van der Waals surface area (Å²) in [4.78, 5) is 13.5. The second kappa shape index (κ2) is 3.02. The van der Waals surface area contributed by atoms with Gasteiger partial charge in [0.1, 0.15) is 0 Å². The molecule has 1 heterocycles. The molecule has 2 heteroatoms. The molecule has 0 amide bonds. The molecule has 0 aromatic heterocycles. The maximum atomic E-state index is 11.1. The molecule has 1 aliphatic carbocycles. The van der Waals surface area contributed by atoms with E-state index in [1.54, 1.807) is 0 Å². The van der Waals surface area contributed by atoms with Gasteiger partial charge >= 0.3 is 0 Å². The van der Waals surface area contributed by atoms with Crippen LogP contribution in [-0.2, 0) is 4.79 Å². The van der Waals surface area contributed by atoms with Crippen LogP contribution in [0.1, 0.15) is 19.3 Å². The highest BCUT2D eigenvalue weighted by Gasteiger charge is 2.25. The predicted octanol–water partition coefficient (Wildman–Crippen LogP) is 1.23. The minimum Gasteiger partial charge on any atom is -0.305 e. The molecule has 1 atom stereocenters. The van der Waals surface area contributed by atoms with Gasteiger partial charge in [-0.1, -0.05) is 5.57 Å². The number of hydrogen-bond acceptors (Lipinski definition) is 2. The highest BCUT2D eigenvalue weighted by atomic mass is 16.1. The molecule has 0 radical (unpaired) electrons. The molecule has 1 saturated heterocycles. The number of likely N-dealkylation sites (tertiary alicyclic amines) is 1. The van der Waals surface area contributed by atoms with Crippen molar-refractivity contribution < 1.29 is 4.79 Å². The average Bonchev–Trinajstić information content (AvgIpc) is 2.05. The van der Waals surface area contributed by atoms with Crippen LogP contribution in [0.5, 0.6) is 0 Å². The fraction of sp³-hybridized carbons (Fsp3) is 0.700. The highest BCUT2D eigenvalue weighted by molar-refractivity contribution is 5.91. The Bertz CT molecular complexity index is 232. The van der Waals surface area contributed by atoms with Crippen molar-refractivity contribution in [3.8, 4) is 0 Å². The van der Waals surface area contributed by atoms with Gasteiger partial charge in [-0.3, -0.25) is 4.79 Å². The molecule has 66 valence electrons. The molecule has 12 heavy (non-hydrogen) atoms. The maximum Gasteiger partial charge on any atom is 0.155 e. The maximum absolute atomic E-state index is 11.1. The van der Waals surface area contributed by atoms with E-state index in [0.29, 0.717) is 11.7 Å². The van der Waals surface area contributed by atoms with E-state index in [2.05, 4.69) is 11.9 Å². The van der Waals surface area contributed by atoms with E-state index in [9.17, 15) is 4.79 Å².